The zero-order valence-electron chi connectivity index (χ0n) is 14.3. The number of nitrogens with one attached hydrogen (secondary N) is 1. The van der Waals surface area contributed by atoms with Crippen LogP contribution in [0.1, 0.15) is 25.3 Å². The second-order valence-electron chi connectivity index (χ2n) is 6.00. The van der Waals surface area contributed by atoms with Gasteiger partial charge in [0.15, 0.2) is 0 Å². The van der Waals surface area contributed by atoms with Crippen molar-refractivity contribution < 1.29 is 28.5 Å². The van der Waals surface area contributed by atoms with Crippen molar-refractivity contribution >= 4 is 19.3 Å². The predicted octanol–water partition coefficient (Wildman–Crippen LogP) is 1.69. The average molecular weight is 369 g/mol. The molecule has 0 amide bonds. The van der Waals surface area contributed by atoms with E-state index in [9.17, 15) is 19.3 Å². The summed E-state index contributed by atoms with van der Waals surface area (Å²) >= 11 is 0. The Morgan fingerprint density at radius 2 is 2.04 bits per heavy atom. The van der Waals surface area contributed by atoms with Crippen LogP contribution in [0.4, 0.5) is 0 Å². The first-order valence-corrected chi connectivity index (χ1v) is 10.4. The maximum atomic E-state index is 12.9. The Morgan fingerprint density at radius 3 is 2.64 bits per heavy atom. The van der Waals surface area contributed by atoms with E-state index >= 15 is 0 Å². The quantitative estimate of drug-likeness (QED) is 0.408. The molecule has 0 spiro atoms. The van der Waals surface area contributed by atoms with Crippen molar-refractivity contribution in [3.05, 3.63) is 35.9 Å². The molecular formula is C17H24NO6P. The van der Waals surface area contributed by atoms with E-state index in [4.69, 9.17) is 4.52 Å². The van der Waals surface area contributed by atoms with Crippen molar-refractivity contribution in [2.45, 2.75) is 31.9 Å². The molecule has 2 atom stereocenters. The van der Waals surface area contributed by atoms with Gasteiger partial charge in [0.1, 0.15) is 6.16 Å². The predicted molar refractivity (Wildman–Crippen MR) is 92.4 cm³/mol. The van der Waals surface area contributed by atoms with Crippen molar-refractivity contribution in [1.82, 2.24) is 5.32 Å². The molecule has 7 nitrogen and oxygen atoms in total. The van der Waals surface area contributed by atoms with Gasteiger partial charge in [-0.2, -0.15) is 0 Å². The standard InChI is InChI=1S/C17H24NO6P/c1-2-23-25(22,12-9-14-7-4-3-5-8-14)13-15(19)24-16(20)17(21)10-6-11-18-17/h3-5,7-8,18,21H,2,6,9-13H2,1H3/t17-,25?/m1/s1. The van der Waals surface area contributed by atoms with E-state index in [-0.39, 0.29) is 19.2 Å². The van der Waals surface area contributed by atoms with Crippen LogP contribution in [0.15, 0.2) is 30.3 Å². The lowest BCUT2D eigenvalue weighted by Gasteiger charge is -2.21. The molecular weight excluding hydrogens is 345 g/mol. The Hall–Kier alpha value is -1.53. The highest BCUT2D eigenvalue weighted by Gasteiger charge is 2.42. The number of hydrogen-bond acceptors (Lipinski definition) is 7. The van der Waals surface area contributed by atoms with Crippen LogP contribution in [0, 0.1) is 0 Å². The van der Waals surface area contributed by atoms with Crippen molar-refractivity contribution in [3.63, 3.8) is 0 Å². The van der Waals surface area contributed by atoms with Crippen molar-refractivity contribution in [2.75, 3.05) is 25.5 Å². The first kappa shape index (κ1) is 19.8. The number of aliphatic hydroxyl groups is 1. The number of carbonyl (C=O) groups excluding carboxylic acids is 2. The summed E-state index contributed by atoms with van der Waals surface area (Å²) in [4.78, 5) is 23.9. The Bertz CT molecular complexity index is 642. The van der Waals surface area contributed by atoms with Gasteiger partial charge in [-0.3, -0.25) is 14.7 Å². The van der Waals surface area contributed by atoms with Gasteiger partial charge >= 0.3 is 11.9 Å². The number of rotatable bonds is 8. The summed E-state index contributed by atoms with van der Waals surface area (Å²) in [6, 6.07) is 9.45. The van der Waals surface area contributed by atoms with Crippen LogP contribution in [0.5, 0.6) is 0 Å². The molecule has 138 valence electrons. The van der Waals surface area contributed by atoms with E-state index in [1.807, 2.05) is 30.3 Å². The van der Waals surface area contributed by atoms with Crippen molar-refractivity contribution in [3.8, 4) is 0 Å². The van der Waals surface area contributed by atoms with Gasteiger partial charge in [-0.25, -0.2) is 4.79 Å². The van der Waals surface area contributed by atoms with Gasteiger partial charge in [-0.15, -0.1) is 0 Å². The Labute approximate surface area is 147 Å². The molecule has 1 aromatic carbocycles. The summed E-state index contributed by atoms with van der Waals surface area (Å²) in [5.41, 5.74) is -0.855. The number of ether oxygens (including phenoxy) is 1. The van der Waals surface area contributed by atoms with E-state index in [0.29, 0.717) is 19.4 Å². The van der Waals surface area contributed by atoms with Gasteiger partial charge in [-0.1, -0.05) is 30.3 Å². The van der Waals surface area contributed by atoms with Gasteiger partial charge in [-0.05, 0) is 31.9 Å². The van der Waals surface area contributed by atoms with Crippen LogP contribution in [0.2, 0.25) is 0 Å². The summed E-state index contributed by atoms with van der Waals surface area (Å²) in [6.07, 6.45) is 0.960. The minimum Gasteiger partial charge on any atom is -0.390 e. The van der Waals surface area contributed by atoms with Gasteiger partial charge in [0.2, 0.25) is 13.1 Å². The molecule has 1 aromatic rings. The summed E-state index contributed by atoms with van der Waals surface area (Å²) in [5.74, 6) is -2.00. The summed E-state index contributed by atoms with van der Waals surface area (Å²) < 4.78 is 22.9. The van der Waals surface area contributed by atoms with Crippen LogP contribution in [-0.4, -0.2) is 48.2 Å². The van der Waals surface area contributed by atoms with Crippen molar-refractivity contribution in [1.29, 1.82) is 0 Å². The van der Waals surface area contributed by atoms with Crippen LogP contribution in [0.25, 0.3) is 0 Å². The molecule has 1 saturated heterocycles. The minimum absolute atomic E-state index is 0.177. The highest BCUT2D eigenvalue weighted by atomic mass is 31.2. The monoisotopic (exact) mass is 369 g/mol. The fourth-order valence-electron chi connectivity index (χ4n) is 2.69. The van der Waals surface area contributed by atoms with E-state index < -0.39 is 31.2 Å². The van der Waals surface area contributed by atoms with Crippen LogP contribution in [-0.2, 0) is 29.8 Å². The van der Waals surface area contributed by atoms with Gasteiger partial charge in [0.05, 0.1) is 6.61 Å². The molecule has 0 aliphatic carbocycles. The number of benzene rings is 1. The van der Waals surface area contributed by atoms with Gasteiger partial charge < -0.3 is 14.4 Å². The minimum atomic E-state index is -3.28. The summed E-state index contributed by atoms with van der Waals surface area (Å²) in [7, 11) is -3.28. The molecule has 1 unspecified atom stereocenters. The van der Waals surface area contributed by atoms with Crippen LogP contribution < -0.4 is 5.32 Å². The number of hydrogen-bond donors (Lipinski definition) is 2. The lowest BCUT2D eigenvalue weighted by molar-refractivity contribution is -0.174. The molecule has 25 heavy (non-hydrogen) atoms. The molecule has 8 heteroatoms. The Kier molecular flexibility index (Phi) is 6.90. The molecule has 1 fully saturated rings. The van der Waals surface area contributed by atoms with Crippen LogP contribution >= 0.6 is 7.37 Å². The van der Waals surface area contributed by atoms with Gasteiger partial charge in [0, 0.05) is 12.6 Å². The number of carbonyl (C=O) groups is 2. The maximum Gasteiger partial charge on any atom is 0.361 e. The molecule has 0 bridgehead atoms. The van der Waals surface area contributed by atoms with Crippen molar-refractivity contribution in [2.24, 2.45) is 0 Å². The Morgan fingerprint density at radius 1 is 1.32 bits per heavy atom. The molecule has 1 aliphatic heterocycles. The zero-order chi connectivity index (χ0) is 18.3. The fourth-order valence-corrected chi connectivity index (χ4v) is 4.59. The first-order chi connectivity index (χ1) is 11.9. The molecule has 1 heterocycles. The molecule has 0 radical (unpaired) electrons. The largest absolute Gasteiger partial charge is 0.390 e. The number of esters is 2. The fraction of sp³-hybridized carbons (Fsp3) is 0.529. The smallest absolute Gasteiger partial charge is 0.361 e. The average Bonchev–Trinajstić information content (AvgIpc) is 3.02. The lowest BCUT2D eigenvalue weighted by atomic mass is 10.2. The number of aryl methyl sites for hydroxylation is 1. The maximum absolute atomic E-state index is 12.9. The third-order valence-electron chi connectivity index (χ3n) is 4.00. The normalized spacial score (nSPS) is 22.3. The zero-order valence-corrected chi connectivity index (χ0v) is 15.2. The SMILES string of the molecule is CCOP(=O)(CCc1ccccc1)CC(=O)OC(=O)[C@]1(O)CCCN1. The topological polar surface area (TPSA) is 102 Å². The van der Waals surface area contributed by atoms with Gasteiger partial charge in [0.25, 0.3) is 0 Å². The highest BCUT2D eigenvalue weighted by molar-refractivity contribution is 7.59. The Balaban J connectivity index is 1.93. The third-order valence-corrected chi connectivity index (χ3v) is 6.37. The summed E-state index contributed by atoms with van der Waals surface area (Å²) in [5, 5.41) is 12.6. The van der Waals surface area contributed by atoms with E-state index in [1.165, 1.54) is 0 Å². The molecule has 2 rings (SSSR count). The molecule has 2 N–H and O–H groups in total. The second-order valence-corrected chi connectivity index (χ2v) is 8.65. The van der Waals surface area contributed by atoms with E-state index in [0.717, 1.165) is 5.56 Å². The van der Waals surface area contributed by atoms with Crippen LogP contribution in [0.3, 0.4) is 0 Å². The molecule has 0 saturated carbocycles. The van der Waals surface area contributed by atoms with E-state index in [2.05, 4.69) is 10.1 Å². The first-order valence-electron chi connectivity index (χ1n) is 8.36. The molecule has 0 aromatic heterocycles. The summed E-state index contributed by atoms with van der Waals surface area (Å²) in [6.45, 7) is 2.35. The van der Waals surface area contributed by atoms with E-state index in [1.54, 1.807) is 6.92 Å². The lowest BCUT2D eigenvalue weighted by Crippen LogP contribution is -2.49. The molecule has 1 aliphatic rings. The third kappa shape index (κ3) is 5.75. The second kappa shape index (κ2) is 8.72. The highest BCUT2D eigenvalue weighted by Crippen LogP contribution is 2.47.